The van der Waals surface area contributed by atoms with Crippen molar-refractivity contribution >= 4 is 36.4 Å². The van der Waals surface area contributed by atoms with Crippen molar-refractivity contribution in [1.82, 2.24) is 10.3 Å². The summed E-state index contributed by atoms with van der Waals surface area (Å²) in [7, 11) is 0. The fourth-order valence-electron chi connectivity index (χ4n) is 2.63. The van der Waals surface area contributed by atoms with Crippen LogP contribution in [0.15, 0.2) is 48.8 Å². The van der Waals surface area contributed by atoms with Crippen LogP contribution in [0.4, 0.5) is 5.69 Å². The molecule has 1 atom stereocenters. The summed E-state index contributed by atoms with van der Waals surface area (Å²) >= 11 is 0. The second kappa shape index (κ2) is 10.9. The van der Waals surface area contributed by atoms with Gasteiger partial charge in [0.25, 0.3) is 0 Å². The van der Waals surface area contributed by atoms with E-state index in [2.05, 4.69) is 15.6 Å². The summed E-state index contributed by atoms with van der Waals surface area (Å²) in [5, 5.41) is 6.24. The Kier molecular flexibility index (Phi) is 9.27. The molecule has 0 saturated carbocycles. The zero-order chi connectivity index (χ0) is 15.9. The van der Waals surface area contributed by atoms with Gasteiger partial charge >= 0.3 is 0 Å². The number of anilines is 1. The van der Waals surface area contributed by atoms with E-state index in [-0.39, 0.29) is 36.6 Å². The van der Waals surface area contributed by atoms with Crippen LogP contribution in [0.25, 0.3) is 0 Å². The molecule has 1 aliphatic heterocycles. The van der Waals surface area contributed by atoms with Gasteiger partial charge in [0.1, 0.15) is 12.4 Å². The van der Waals surface area contributed by atoms with Gasteiger partial charge in [-0.25, -0.2) is 0 Å². The van der Waals surface area contributed by atoms with Crippen molar-refractivity contribution in [3.63, 3.8) is 0 Å². The molecule has 5 nitrogen and oxygen atoms in total. The molecular formula is C18H23Cl2N3O2. The molecule has 1 aliphatic rings. The highest BCUT2D eigenvalue weighted by Gasteiger charge is 2.20. The predicted molar refractivity (Wildman–Crippen MR) is 104 cm³/mol. The van der Waals surface area contributed by atoms with Crippen LogP contribution in [0.3, 0.4) is 0 Å². The minimum absolute atomic E-state index is 0. The Balaban J connectivity index is 0.00000156. The number of hydrogen-bond acceptors (Lipinski definition) is 4. The summed E-state index contributed by atoms with van der Waals surface area (Å²) in [6, 6.07) is 11.3. The first kappa shape index (κ1) is 21.2. The van der Waals surface area contributed by atoms with Crippen molar-refractivity contribution in [1.29, 1.82) is 0 Å². The monoisotopic (exact) mass is 383 g/mol. The standard InChI is InChI=1S/C18H21N3O2.2ClH/c22-18(15-5-3-9-20-12-15)21-16-6-1-7-17(10-16)23-13-14-4-2-8-19-11-14;;/h1-2,4,6-8,10-11,15,20H,3,5,9,12-13H2,(H,21,22);2*1H. The number of amides is 1. The SMILES string of the molecule is Cl.Cl.O=C(Nc1cccc(OCc2cccnc2)c1)C1CCCNC1. The Bertz CT molecular complexity index is 650. The van der Waals surface area contributed by atoms with E-state index in [0.717, 1.165) is 42.9 Å². The lowest BCUT2D eigenvalue weighted by molar-refractivity contribution is -0.120. The summed E-state index contributed by atoms with van der Waals surface area (Å²) in [4.78, 5) is 16.3. The van der Waals surface area contributed by atoms with Gasteiger partial charge in [0.15, 0.2) is 0 Å². The van der Waals surface area contributed by atoms with Crippen LogP contribution in [0.2, 0.25) is 0 Å². The lowest BCUT2D eigenvalue weighted by Gasteiger charge is -2.22. The number of carbonyl (C=O) groups is 1. The molecule has 1 aromatic carbocycles. The molecule has 1 fully saturated rings. The molecule has 0 radical (unpaired) electrons. The Hall–Kier alpha value is -1.82. The first-order valence-corrected chi connectivity index (χ1v) is 7.94. The third kappa shape index (κ3) is 6.53. The van der Waals surface area contributed by atoms with Crippen molar-refractivity contribution in [2.45, 2.75) is 19.4 Å². The molecule has 1 amide bonds. The molecule has 2 aromatic rings. The van der Waals surface area contributed by atoms with E-state index in [4.69, 9.17) is 4.74 Å². The highest BCUT2D eigenvalue weighted by molar-refractivity contribution is 5.92. The van der Waals surface area contributed by atoms with Gasteiger partial charge in [0.2, 0.25) is 5.91 Å². The van der Waals surface area contributed by atoms with Gasteiger partial charge in [-0.2, -0.15) is 0 Å². The molecule has 0 spiro atoms. The topological polar surface area (TPSA) is 63.2 Å². The molecule has 0 aliphatic carbocycles. The predicted octanol–water partition coefficient (Wildman–Crippen LogP) is 3.44. The van der Waals surface area contributed by atoms with Crippen LogP contribution in [0, 0.1) is 5.92 Å². The van der Waals surface area contributed by atoms with E-state index < -0.39 is 0 Å². The number of hydrogen-bond donors (Lipinski definition) is 2. The number of halogens is 2. The number of rotatable bonds is 5. The summed E-state index contributed by atoms with van der Waals surface area (Å²) < 4.78 is 5.76. The highest BCUT2D eigenvalue weighted by Crippen LogP contribution is 2.20. The summed E-state index contributed by atoms with van der Waals surface area (Å²) in [5.74, 6) is 0.846. The Morgan fingerprint density at radius 3 is 2.88 bits per heavy atom. The fourth-order valence-corrected chi connectivity index (χ4v) is 2.63. The molecule has 25 heavy (non-hydrogen) atoms. The fraction of sp³-hybridized carbons (Fsp3) is 0.333. The number of piperidine rings is 1. The molecule has 1 aromatic heterocycles. The zero-order valence-corrected chi connectivity index (χ0v) is 15.4. The summed E-state index contributed by atoms with van der Waals surface area (Å²) in [6.07, 6.45) is 5.50. The van der Waals surface area contributed by atoms with Crippen molar-refractivity contribution < 1.29 is 9.53 Å². The van der Waals surface area contributed by atoms with Gasteiger partial charge in [0.05, 0.1) is 5.92 Å². The largest absolute Gasteiger partial charge is 0.489 e. The first-order chi connectivity index (χ1) is 11.3. The number of ether oxygens (including phenoxy) is 1. The maximum atomic E-state index is 12.3. The summed E-state index contributed by atoms with van der Waals surface area (Å²) in [6.45, 7) is 2.21. The van der Waals surface area contributed by atoms with E-state index in [1.54, 1.807) is 12.4 Å². The van der Waals surface area contributed by atoms with Crippen molar-refractivity contribution in [3.8, 4) is 5.75 Å². The van der Waals surface area contributed by atoms with Crippen LogP contribution >= 0.6 is 24.8 Å². The molecule has 0 bridgehead atoms. The van der Waals surface area contributed by atoms with Gasteiger partial charge in [-0.15, -0.1) is 24.8 Å². The van der Waals surface area contributed by atoms with Crippen molar-refractivity contribution in [2.24, 2.45) is 5.92 Å². The maximum Gasteiger partial charge on any atom is 0.228 e. The lowest BCUT2D eigenvalue weighted by atomic mass is 9.99. The third-order valence-corrected chi connectivity index (χ3v) is 3.90. The number of aromatic nitrogens is 1. The van der Waals surface area contributed by atoms with E-state index in [1.807, 2.05) is 36.4 Å². The first-order valence-electron chi connectivity index (χ1n) is 7.94. The van der Waals surface area contributed by atoms with E-state index >= 15 is 0 Å². The van der Waals surface area contributed by atoms with Gasteiger partial charge < -0.3 is 15.4 Å². The lowest BCUT2D eigenvalue weighted by Crippen LogP contribution is -2.37. The number of pyridine rings is 1. The van der Waals surface area contributed by atoms with E-state index in [0.29, 0.717) is 6.61 Å². The van der Waals surface area contributed by atoms with Crippen LogP contribution in [-0.4, -0.2) is 24.0 Å². The zero-order valence-electron chi connectivity index (χ0n) is 13.8. The number of carbonyl (C=O) groups excluding carboxylic acids is 1. The minimum atomic E-state index is 0. The number of nitrogens with zero attached hydrogens (tertiary/aromatic N) is 1. The molecule has 136 valence electrons. The van der Waals surface area contributed by atoms with E-state index in [1.165, 1.54) is 0 Å². The van der Waals surface area contributed by atoms with Crippen LogP contribution in [0.5, 0.6) is 5.75 Å². The molecule has 1 unspecified atom stereocenters. The molecule has 1 saturated heterocycles. The average molecular weight is 384 g/mol. The normalized spacial score (nSPS) is 16.1. The smallest absolute Gasteiger partial charge is 0.228 e. The summed E-state index contributed by atoms with van der Waals surface area (Å²) in [5.41, 5.74) is 1.78. The second-order valence-electron chi connectivity index (χ2n) is 5.71. The quantitative estimate of drug-likeness (QED) is 0.829. The molecule has 3 rings (SSSR count). The Labute approximate surface area is 160 Å². The number of benzene rings is 1. The second-order valence-corrected chi connectivity index (χ2v) is 5.71. The average Bonchev–Trinajstić information content (AvgIpc) is 2.62. The third-order valence-electron chi connectivity index (χ3n) is 3.90. The van der Waals surface area contributed by atoms with E-state index in [9.17, 15) is 4.79 Å². The van der Waals surface area contributed by atoms with Crippen molar-refractivity contribution in [2.75, 3.05) is 18.4 Å². The Morgan fingerprint density at radius 2 is 2.16 bits per heavy atom. The van der Waals surface area contributed by atoms with Gasteiger partial charge in [-0.3, -0.25) is 9.78 Å². The molecule has 7 heteroatoms. The van der Waals surface area contributed by atoms with Gasteiger partial charge in [-0.1, -0.05) is 12.1 Å². The minimum Gasteiger partial charge on any atom is -0.489 e. The maximum absolute atomic E-state index is 12.3. The van der Waals surface area contributed by atoms with Gasteiger partial charge in [0, 0.05) is 36.3 Å². The number of nitrogens with one attached hydrogen (secondary N) is 2. The van der Waals surface area contributed by atoms with Crippen LogP contribution in [0.1, 0.15) is 18.4 Å². The molecule has 2 heterocycles. The van der Waals surface area contributed by atoms with Crippen LogP contribution in [-0.2, 0) is 11.4 Å². The molecular weight excluding hydrogens is 361 g/mol. The van der Waals surface area contributed by atoms with Gasteiger partial charge in [-0.05, 0) is 37.6 Å². The molecule has 2 N–H and O–H groups in total. The Morgan fingerprint density at radius 1 is 1.28 bits per heavy atom. The van der Waals surface area contributed by atoms with Crippen LogP contribution < -0.4 is 15.4 Å². The van der Waals surface area contributed by atoms with Crippen molar-refractivity contribution in [3.05, 3.63) is 54.4 Å². The highest BCUT2D eigenvalue weighted by atomic mass is 35.5.